The lowest BCUT2D eigenvalue weighted by Crippen LogP contribution is -2.48. The average molecular weight is 384 g/mol. The van der Waals surface area contributed by atoms with E-state index in [0.29, 0.717) is 23.8 Å². The van der Waals surface area contributed by atoms with Crippen molar-refractivity contribution < 1.29 is 4.79 Å². The van der Waals surface area contributed by atoms with E-state index in [9.17, 15) is 4.79 Å². The summed E-state index contributed by atoms with van der Waals surface area (Å²) in [7, 11) is 0. The van der Waals surface area contributed by atoms with Gasteiger partial charge < -0.3 is 9.80 Å². The second-order valence-corrected chi connectivity index (χ2v) is 7.45. The van der Waals surface area contributed by atoms with Crippen molar-refractivity contribution in [2.24, 2.45) is 0 Å². The first-order chi connectivity index (χ1) is 12.7. The van der Waals surface area contributed by atoms with Gasteiger partial charge in [-0.2, -0.15) is 0 Å². The van der Waals surface area contributed by atoms with Crippen molar-refractivity contribution in [1.29, 1.82) is 0 Å². The van der Waals surface area contributed by atoms with E-state index >= 15 is 0 Å². The molecule has 4 rings (SSSR count). The number of amides is 1. The lowest BCUT2D eigenvalue weighted by Gasteiger charge is -2.35. The average Bonchev–Trinajstić information content (AvgIpc) is 3.19. The number of thiazole rings is 1. The van der Waals surface area contributed by atoms with E-state index in [2.05, 4.69) is 22.0 Å². The molecule has 1 fully saturated rings. The number of halogens is 1. The molecule has 0 atom stereocenters. The maximum Gasteiger partial charge on any atom is 0.273 e. The highest BCUT2D eigenvalue weighted by Gasteiger charge is 2.24. The van der Waals surface area contributed by atoms with Crippen LogP contribution in [0.25, 0.3) is 10.6 Å². The van der Waals surface area contributed by atoms with Gasteiger partial charge in [0.05, 0.1) is 0 Å². The molecule has 4 nitrogen and oxygen atoms in total. The van der Waals surface area contributed by atoms with Gasteiger partial charge in [0.1, 0.15) is 10.7 Å². The number of hydrogen-bond acceptors (Lipinski definition) is 4. The van der Waals surface area contributed by atoms with E-state index in [1.807, 2.05) is 52.7 Å². The van der Waals surface area contributed by atoms with Crippen LogP contribution in [-0.4, -0.2) is 42.0 Å². The van der Waals surface area contributed by atoms with Crippen LogP contribution >= 0.6 is 22.9 Å². The molecule has 3 aromatic rings. The molecule has 0 radical (unpaired) electrons. The number of nitrogens with zero attached hydrogens (tertiary/aromatic N) is 3. The molecule has 1 saturated heterocycles. The van der Waals surface area contributed by atoms with Crippen LogP contribution in [0.2, 0.25) is 5.02 Å². The number of carbonyl (C=O) groups is 1. The van der Waals surface area contributed by atoms with Gasteiger partial charge in [-0.15, -0.1) is 11.3 Å². The van der Waals surface area contributed by atoms with Crippen molar-refractivity contribution in [2.75, 3.05) is 31.1 Å². The predicted octanol–water partition coefficient (Wildman–Crippen LogP) is 4.43. The summed E-state index contributed by atoms with van der Waals surface area (Å²) in [5.74, 6) is 0.00850. The second-order valence-electron chi connectivity index (χ2n) is 6.16. The van der Waals surface area contributed by atoms with Gasteiger partial charge >= 0.3 is 0 Å². The highest BCUT2D eigenvalue weighted by Crippen LogP contribution is 2.26. The van der Waals surface area contributed by atoms with E-state index in [4.69, 9.17) is 11.6 Å². The Balaban J connectivity index is 1.42. The zero-order valence-corrected chi connectivity index (χ0v) is 15.7. The van der Waals surface area contributed by atoms with Gasteiger partial charge in [-0.1, -0.05) is 41.9 Å². The molecule has 6 heteroatoms. The summed E-state index contributed by atoms with van der Waals surface area (Å²) in [6, 6.07) is 17.8. The summed E-state index contributed by atoms with van der Waals surface area (Å²) in [6.45, 7) is 3.09. The van der Waals surface area contributed by atoms with Gasteiger partial charge in [-0.05, 0) is 24.3 Å². The lowest BCUT2D eigenvalue weighted by atomic mass is 10.2. The summed E-state index contributed by atoms with van der Waals surface area (Å²) < 4.78 is 0. The molecule has 1 amide bonds. The van der Waals surface area contributed by atoms with E-state index in [0.717, 1.165) is 23.7 Å². The van der Waals surface area contributed by atoms with E-state index < -0.39 is 0 Å². The minimum Gasteiger partial charge on any atom is -0.368 e. The molecule has 0 aliphatic carbocycles. The highest BCUT2D eigenvalue weighted by atomic mass is 35.5. The number of hydrogen-bond donors (Lipinski definition) is 0. The number of para-hydroxylation sites is 1. The number of benzene rings is 2. The SMILES string of the molecule is O=C(c1csc(-c2ccc(Cl)cc2)n1)N1CCN(c2ccccc2)CC1. The summed E-state index contributed by atoms with van der Waals surface area (Å²) in [4.78, 5) is 21.5. The van der Waals surface area contributed by atoms with Crippen LogP contribution in [0.4, 0.5) is 5.69 Å². The Morgan fingerprint density at radius 3 is 2.35 bits per heavy atom. The molecule has 0 spiro atoms. The Hall–Kier alpha value is -2.37. The lowest BCUT2D eigenvalue weighted by molar-refractivity contribution is 0.0742. The Morgan fingerprint density at radius 1 is 0.962 bits per heavy atom. The van der Waals surface area contributed by atoms with Crippen molar-refractivity contribution in [3.8, 4) is 10.6 Å². The number of rotatable bonds is 3. The smallest absolute Gasteiger partial charge is 0.273 e. The van der Waals surface area contributed by atoms with E-state index in [1.54, 1.807) is 0 Å². The predicted molar refractivity (Wildman–Crippen MR) is 107 cm³/mol. The third kappa shape index (κ3) is 3.59. The van der Waals surface area contributed by atoms with Crippen molar-refractivity contribution >= 4 is 34.5 Å². The van der Waals surface area contributed by atoms with Crippen LogP contribution < -0.4 is 4.90 Å². The third-order valence-corrected chi connectivity index (χ3v) is 5.65. The Morgan fingerprint density at radius 2 is 1.65 bits per heavy atom. The minimum atomic E-state index is 0.00850. The third-order valence-electron chi connectivity index (χ3n) is 4.50. The van der Waals surface area contributed by atoms with Crippen LogP contribution in [0.1, 0.15) is 10.5 Å². The Bertz CT molecular complexity index is 887. The fraction of sp³-hybridized carbons (Fsp3) is 0.200. The topological polar surface area (TPSA) is 36.4 Å². The molecule has 26 heavy (non-hydrogen) atoms. The van der Waals surface area contributed by atoms with Gasteiger partial charge in [0.2, 0.25) is 0 Å². The molecule has 0 bridgehead atoms. The first-order valence-electron chi connectivity index (χ1n) is 8.51. The monoisotopic (exact) mass is 383 g/mol. The maximum atomic E-state index is 12.8. The molecule has 0 unspecified atom stereocenters. The van der Waals surface area contributed by atoms with E-state index in [1.165, 1.54) is 17.0 Å². The fourth-order valence-corrected chi connectivity index (χ4v) is 3.99. The summed E-state index contributed by atoms with van der Waals surface area (Å²) in [6.07, 6.45) is 0. The van der Waals surface area contributed by atoms with Crippen molar-refractivity contribution in [2.45, 2.75) is 0 Å². The van der Waals surface area contributed by atoms with Crippen LogP contribution in [0.3, 0.4) is 0 Å². The Kier molecular flexibility index (Phi) is 4.91. The largest absolute Gasteiger partial charge is 0.368 e. The number of piperazine rings is 1. The summed E-state index contributed by atoms with van der Waals surface area (Å²) in [5.41, 5.74) is 2.71. The van der Waals surface area contributed by atoms with Gasteiger partial charge in [-0.25, -0.2) is 4.98 Å². The summed E-state index contributed by atoms with van der Waals surface area (Å²) in [5, 5.41) is 3.38. The van der Waals surface area contributed by atoms with Gasteiger partial charge in [0, 0.05) is 47.8 Å². The molecule has 0 N–H and O–H groups in total. The highest BCUT2D eigenvalue weighted by molar-refractivity contribution is 7.13. The van der Waals surface area contributed by atoms with Crippen molar-refractivity contribution in [1.82, 2.24) is 9.88 Å². The quantitative estimate of drug-likeness (QED) is 0.671. The molecule has 2 aromatic carbocycles. The molecular weight excluding hydrogens is 366 g/mol. The van der Waals surface area contributed by atoms with E-state index in [-0.39, 0.29) is 5.91 Å². The number of anilines is 1. The van der Waals surface area contributed by atoms with Gasteiger partial charge in [0.25, 0.3) is 5.91 Å². The maximum absolute atomic E-state index is 12.8. The van der Waals surface area contributed by atoms with Crippen LogP contribution in [0.5, 0.6) is 0 Å². The van der Waals surface area contributed by atoms with Crippen LogP contribution in [-0.2, 0) is 0 Å². The zero-order valence-electron chi connectivity index (χ0n) is 14.1. The minimum absolute atomic E-state index is 0.00850. The van der Waals surface area contributed by atoms with Gasteiger partial charge in [-0.3, -0.25) is 4.79 Å². The number of carbonyl (C=O) groups excluding carboxylic acids is 1. The van der Waals surface area contributed by atoms with Crippen molar-refractivity contribution in [3.05, 3.63) is 70.7 Å². The zero-order chi connectivity index (χ0) is 17.9. The molecule has 1 aromatic heterocycles. The molecule has 132 valence electrons. The van der Waals surface area contributed by atoms with Crippen molar-refractivity contribution in [3.63, 3.8) is 0 Å². The molecular formula is C20H18ClN3OS. The second kappa shape index (κ2) is 7.48. The molecule has 1 aliphatic rings. The Labute approximate surface area is 161 Å². The van der Waals surface area contributed by atoms with Crippen LogP contribution in [0, 0.1) is 0 Å². The molecule has 0 saturated carbocycles. The first kappa shape index (κ1) is 17.1. The summed E-state index contributed by atoms with van der Waals surface area (Å²) >= 11 is 7.42. The fourth-order valence-electron chi connectivity index (χ4n) is 3.07. The van der Waals surface area contributed by atoms with Crippen LogP contribution in [0.15, 0.2) is 60.0 Å². The molecule has 2 heterocycles. The standard InChI is InChI=1S/C20H18ClN3OS/c21-16-8-6-15(7-9-16)19-22-18(14-26-19)20(25)24-12-10-23(11-13-24)17-4-2-1-3-5-17/h1-9,14H,10-13H2. The van der Waals surface area contributed by atoms with Gasteiger partial charge in [0.15, 0.2) is 0 Å². The first-order valence-corrected chi connectivity index (χ1v) is 9.77. The number of aromatic nitrogens is 1. The molecule has 1 aliphatic heterocycles. The normalized spacial score (nSPS) is 14.5.